The monoisotopic (exact) mass is 207 g/mol. The second-order valence-electron chi connectivity index (χ2n) is 3.82. The Kier molecular flexibility index (Phi) is 3.11. The van der Waals surface area contributed by atoms with Gasteiger partial charge in [0, 0.05) is 6.54 Å². The number of hydrogen-bond acceptors (Lipinski definition) is 3. The van der Waals surface area contributed by atoms with Crippen LogP contribution in [0.4, 0.5) is 0 Å². The second kappa shape index (κ2) is 4.53. The molecular formula is C12H17NO2. The lowest BCUT2D eigenvalue weighted by molar-refractivity contribution is 0.174. The van der Waals surface area contributed by atoms with E-state index in [-0.39, 0.29) is 0 Å². The number of hydrogen-bond donors (Lipinski definition) is 1. The first-order chi connectivity index (χ1) is 7.31. The zero-order valence-corrected chi connectivity index (χ0v) is 9.25. The van der Waals surface area contributed by atoms with Gasteiger partial charge in [-0.1, -0.05) is 19.9 Å². The maximum Gasteiger partial charge on any atom is 0.231 e. The molecule has 0 saturated heterocycles. The van der Waals surface area contributed by atoms with E-state index in [0.717, 1.165) is 24.6 Å². The Morgan fingerprint density at radius 3 is 2.93 bits per heavy atom. The van der Waals surface area contributed by atoms with E-state index in [4.69, 9.17) is 9.47 Å². The van der Waals surface area contributed by atoms with Crippen LogP contribution in [0.3, 0.4) is 0 Å². The molecule has 0 radical (unpaired) electrons. The average molecular weight is 207 g/mol. The smallest absolute Gasteiger partial charge is 0.231 e. The van der Waals surface area contributed by atoms with Gasteiger partial charge in [-0.3, -0.25) is 0 Å². The quantitative estimate of drug-likeness (QED) is 0.820. The lowest BCUT2D eigenvalue weighted by Gasteiger charge is -2.12. The van der Waals surface area contributed by atoms with Gasteiger partial charge in [0.1, 0.15) is 0 Å². The van der Waals surface area contributed by atoms with E-state index in [1.165, 1.54) is 5.56 Å². The van der Waals surface area contributed by atoms with Crippen molar-refractivity contribution in [3.05, 3.63) is 23.8 Å². The Morgan fingerprint density at radius 1 is 1.33 bits per heavy atom. The fourth-order valence-corrected chi connectivity index (χ4v) is 1.70. The summed E-state index contributed by atoms with van der Waals surface area (Å²) in [7, 11) is 0. The van der Waals surface area contributed by atoms with Crippen LogP contribution in [0, 0.1) is 0 Å². The maximum absolute atomic E-state index is 5.35. The van der Waals surface area contributed by atoms with E-state index in [2.05, 4.69) is 31.3 Å². The largest absolute Gasteiger partial charge is 0.454 e. The third-order valence-electron chi connectivity index (χ3n) is 2.67. The highest BCUT2D eigenvalue weighted by molar-refractivity contribution is 5.45. The molecule has 3 nitrogen and oxygen atoms in total. The van der Waals surface area contributed by atoms with Crippen LogP contribution in [0.15, 0.2) is 18.2 Å². The molecule has 1 N–H and O–H groups in total. The van der Waals surface area contributed by atoms with Crippen LogP contribution in [0.2, 0.25) is 0 Å². The minimum Gasteiger partial charge on any atom is -0.454 e. The highest BCUT2D eigenvalue weighted by Gasteiger charge is 2.15. The fourth-order valence-electron chi connectivity index (χ4n) is 1.70. The van der Waals surface area contributed by atoms with Gasteiger partial charge in [0.25, 0.3) is 0 Å². The molecule has 2 rings (SSSR count). The molecule has 3 heteroatoms. The summed E-state index contributed by atoms with van der Waals surface area (Å²) in [5, 5.41) is 3.34. The van der Waals surface area contributed by atoms with Crippen molar-refractivity contribution >= 4 is 0 Å². The molecule has 1 aliphatic rings. The van der Waals surface area contributed by atoms with Crippen LogP contribution in [0.1, 0.15) is 25.3 Å². The topological polar surface area (TPSA) is 30.5 Å². The van der Waals surface area contributed by atoms with Crippen LogP contribution >= 0.6 is 0 Å². The van der Waals surface area contributed by atoms with Gasteiger partial charge in [0.15, 0.2) is 11.5 Å². The summed E-state index contributed by atoms with van der Waals surface area (Å²) in [5.74, 6) is 2.23. The lowest BCUT2D eigenvalue weighted by atomic mass is 10.0. The maximum atomic E-state index is 5.35. The Labute approximate surface area is 90.4 Å². The molecule has 1 heterocycles. The summed E-state index contributed by atoms with van der Waals surface area (Å²) in [5.41, 5.74) is 1.29. The molecule has 1 aromatic rings. The Morgan fingerprint density at radius 2 is 2.13 bits per heavy atom. The third-order valence-corrected chi connectivity index (χ3v) is 2.67. The van der Waals surface area contributed by atoms with E-state index in [1.807, 2.05) is 6.07 Å². The Balaban J connectivity index is 2.08. The molecule has 0 bridgehead atoms. The van der Waals surface area contributed by atoms with Crippen molar-refractivity contribution in [1.82, 2.24) is 5.32 Å². The first-order valence-electron chi connectivity index (χ1n) is 5.41. The molecule has 82 valence electrons. The molecule has 1 atom stereocenters. The molecule has 1 aliphatic heterocycles. The van der Waals surface area contributed by atoms with E-state index in [1.54, 1.807) is 0 Å². The predicted molar refractivity (Wildman–Crippen MR) is 59.5 cm³/mol. The summed E-state index contributed by atoms with van der Waals surface area (Å²) < 4.78 is 10.6. The van der Waals surface area contributed by atoms with Gasteiger partial charge >= 0.3 is 0 Å². The van der Waals surface area contributed by atoms with Crippen molar-refractivity contribution in [3.63, 3.8) is 0 Å². The van der Waals surface area contributed by atoms with Gasteiger partial charge in [-0.15, -0.1) is 0 Å². The molecule has 1 unspecified atom stereocenters. The summed E-state index contributed by atoms with van der Waals surface area (Å²) in [6.07, 6.45) is 0. The molecule has 0 saturated carbocycles. The molecule has 0 spiro atoms. The first-order valence-corrected chi connectivity index (χ1v) is 5.41. The van der Waals surface area contributed by atoms with E-state index < -0.39 is 0 Å². The zero-order valence-electron chi connectivity index (χ0n) is 9.25. The summed E-state index contributed by atoms with van der Waals surface area (Å²) in [6.45, 7) is 6.68. The van der Waals surface area contributed by atoms with E-state index in [9.17, 15) is 0 Å². The highest BCUT2D eigenvalue weighted by atomic mass is 16.7. The highest BCUT2D eigenvalue weighted by Crippen LogP contribution is 2.34. The summed E-state index contributed by atoms with van der Waals surface area (Å²) >= 11 is 0. The predicted octanol–water partition coefficient (Wildman–Crippen LogP) is 2.13. The van der Waals surface area contributed by atoms with Gasteiger partial charge in [-0.25, -0.2) is 0 Å². The molecule has 0 fully saturated rings. The number of rotatable bonds is 4. The van der Waals surface area contributed by atoms with Crippen molar-refractivity contribution < 1.29 is 9.47 Å². The van der Waals surface area contributed by atoms with Crippen LogP contribution in [0.25, 0.3) is 0 Å². The number of ether oxygens (including phenoxy) is 2. The summed E-state index contributed by atoms with van der Waals surface area (Å²) in [4.78, 5) is 0. The average Bonchev–Trinajstić information content (AvgIpc) is 2.72. The van der Waals surface area contributed by atoms with Crippen molar-refractivity contribution in [1.29, 1.82) is 0 Å². The third kappa shape index (κ3) is 2.23. The normalized spacial score (nSPS) is 15.3. The standard InChI is InChI=1S/C12H17NO2/c1-3-13-7-9(2)10-4-5-11-12(6-10)15-8-14-11/h4-6,9,13H,3,7-8H2,1-2H3. The van der Waals surface area contributed by atoms with Crippen LogP contribution < -0.4 is 14.8 Å². The molecule has 0 aromatic heterocycles. The number of nitrogens with one attached hydrogen (secondary N) is 1. The minimum atomic E-state index is 0.348. The molecule has 1 aromatic carbocycles. The van der Waals surface area contributed by atoms with Crippen molar-refractivity contribution in [2.24, 2.45) is 0 Å². The fraction of sp³-hybridized carbons (Fsp3) is 0.500. The van der Waals surface area contributed by atoms with Gasteiger partial charge in [0.05, 0.1) is 0 Å². The van der Waals surface area contributed by atoms with Crippen LogP contribution in [-0.4, -0.2) is 19.9 Å². The van der Waals surface area contributed by atoms with E-state index >= 15 is 0 Å². The van der Waals surface area contributed by atoms with Crippen molar-refractivity contribution in [2.45, 2.75) is 19.8 Å². The van der Waals surface area contributed by atoms with Crippen LogP contribution in [-0.2, 0) is 0 Å². The molecular weight excluding hydrogens is 190 g/mol. The molecule has 0 aliphatic carbocycles. The first kappa shape index (κ1) is 10.3. The SMILES string of the molecule is CCNCC(C)c1ccc2c(c1)OCO2. The lowest BCUT2D eigenvalue weighted by Crippen LogP contribution is -2.19. The minimum absolute atomic E-state index is 0.348. The number of fused-ring (bicyclic) bond motifs is 1. The van der Waals surface area contributed by atoms with Gasteiger partial charge < -0.3 is 14.8 Å². The Hall–Kier alpha value is -1.22. The Bertz CT molecular complexity index is 338. The number of likely N-dealkylation sites (N-methyl/N-ethyl adjacent to an activating group) is 1. The van der Waals surface area contributed by atoms with Crippen LogP contribution in [0.5, 0.6) is 11.5 Å². The van der Waals surface area contributed by atoms with Gasteiger partial charge in [-0.05, 0) is 30.2 Å². The molecule has 15 heavy (non-hydrogen) atoms. The van der Waals surface area contributed by atoms with Crippen molar-refractivity contribution in [2.75, 3.05) is 19.9 Å². The van der Waals surface area contributed by atoms with Gasteiger partial charge in [-0.2, -0.15) is 0 Å². The van der Waals surface area contributed by atoms with E-state index in [0.29, 0.717) is 12.7 Å². The van der Waals surface area contributed by atoms with Crippen molar-refractivity contribution in [3.8, 4) is 11.5 Å². The number of benzene rings is 1. The summed E-state index contributed by atoms with van der Waals surface area (Å²) in [6, 6.07) is 6.17. The van der Waals surface area contributed by atoms with Gasteiger partial charge in [0.2, 0.25) is 6.79 Å². The zero-order chi connectivity index (χ0) is 10.7. The molecule has 0 amide bonds. The second-order valence-corrected chi connectivity index (χ2v) is 3.82.